The van der Waals surface area contributed by atoms with E-state index in [1.807, 2.05) is 13.8 Å². The molecule has 0 radical (unpaired) electrons. The average molecular weight is 277 g/mol. The lowest BCUT2D eigenvalue weighted by molar-refractivity contribution is -0.142. The molecule has 18 heavy (non-hydrogen) atoms. The molecule has 1 saturated carbocycles. The van der Waals surface area contributed by atoms with Crippen LogP contribution in [0.4, 0.5) is 0 Å². The number of hydrogen-bond acceptors (Lipinski definition) is 3. The van der Waals surface area contributed by atoms with Crippen LogP contribution >= 0.6 is 0 Å². The summed E-state index contributed by atoms with van der Waals surface area (Å²) in [6.07, 6.45) is 5.02. The molecule has 1 rings (SSSR count). The number of carbonyl (C=O) groups is 1. The summed E-state index contributed by atoms with van der Waals surface area (Å²) in [6.45, 7) is 3.82. The molecule has 0 unspecified atom stereocenters. The Bertz CT molecular complexity index is 340. The molecule has 6 heteroatoms. The summed E-state index contributed by atoms with van der Waals surface area (Å²) in [5, 5.41) is 9.26. The van der Waals surface area contributed by atoms with Crippen molar-refractivity contribution < 1.29 is 18.3 Å². The Labute approximate surface area is 110 Å². The summed E-state index contributed by atoms with van der Waals surface area (Å²) in [5.41, 5.74) is 0. The maximum absolute atomic E-state index is 11.4. The van der Waals surface area contributed by atoms with Gasteiger partial charge in [-0.1, -0.05) is 33.1 Å². The highest BCUT2D eigenvalue weighted by molar-refractivity contribution is 7.69. The van der Waals surface area contributed by atoms with E-state index in [-0.39, 0.29) is 12.0 Å². The Morgan fingerprint density at radius 3 is 2.22 bits per heavy atom. The third kappa shape index (κ3) is 4.24. The van der Waals surface area contributed by atoms with Crippen molar-refractivity contribution in [1.82, 2.24) is 4.31 Å². The molecule has 0 bridgehead atoms. The minimum atomic E-state index is -2.84. The van der Waals surface area contributed by atoms with Crippen molar-refractivity contribution in [1.29, 1.82) is 0 Å². The van der Waals surface area contributed by atoms with Gasteiger partial charge >= 0.3 is 5.97 Å². The first kappa shape index (κ1) is 15.4. The number of nitrogens with zero attached hydrogens (tertiary/aromatic N) is 1. The number of hydrogen-bond donors (Lipinski definition) is 2. The molecule has 0 saturated heterocycles. The summed E-state index contributed by atoms with van der Waals surface area (Å²) in [4.78, 5) is 11.3. The molecule has 1 N–H and O–H groups in total. The van der Waals surface area contributed by atoms with Gasteiger partial charge in [0, 0.05) is 6.04 Å². The standard InChI is InChI=1S/C12H23NO4S/c1-9(2)8-11(12(14)15)13(18(16)17)10-6-4-3-5-7-10/h9-11,18H,3-8H2,1-2H3,(H,14,15)/t11-/m0/s1. The van der Waals surface area contributed by atoms with Gasteiger partial charge < -0.3 is 5.11 Å². The smallest absolute Gasteiger partial charge is 0.322 e. The minimum absolute atomic E-state index is 0.125. The van der Waals surface area contributed by atoms with Crippen molar-refractivity contribution in [3.05, 3.63) is 0 Å². The van der Waals surface area contributed by atoms with Crippen LogP contribution in [0, 0.1) is 5.92 Å². The summed E-state index contributed by atoms with van der Waals surface area (Å²) >= 11 is 0. The van der Waals surface area contributed by atoms with Crippen LogP contribution in [0.5, 0.6) is 0 Å². The van der Waals surface area contributed by atoms with Gasteiger partial charge in [0.25, 0.3) is 0 Å². The molecular weight excluding hydrogens is 254 g/mol. The Morgan fingerprint density at radius 2 is 1.83 bits per heavy atom. The first-order valence-corrected chi connectivity index (χ1v) is 7.72. The van der Waals surface area contributed by atoms with E-state index in [1.165, 1.54) is 4.31 Å². The van der Waals surface area contributed by atoms with Crippen molar-refractivity contribution in [2.45, 2.75) is 64.5 Å². The number of aliphatic carboxylic acids is 1. The normalized spacial score (nSPS) is 19.6. The predicted octanol–water partition coefficient (Wildman–Crippen LogP) is 1.65. The number of thiol groups is 1. The third-order valence-corrected chi connectivity index (χ3v) is 4.42. The number of rotatable bonds is 6. The van der Waals surface area contributed by atoms with Crippen LogP contribution in [-0.2, 0) is 15.7 Å². The van der Waals surface area contributed by atoms with Crippen molar-refractivity contribution >= 4 is 16.9 Å². The fraction of sp³-hybridized carbons (Fsp3) is 0.917. The highest BCUT2D eigenvalue weighted by atomic mass is 32.2. The molecule has 1 aliphatic carbocycles. The van der Waals surface area contributed by atoms with Crippen LogP contribution in [0.15, 0.2) is 0 Å². The average Bonchev–Trinajstić information content (AvgIpc) is 2.28. The molecule has 0 aliphatic heterocycles. The van der Waals surface area contributed by atoms with Crippen molar-refractivity contribution in [3.8, 4) is 0 Å². The summed E-state index contributed by atoms with van der Waals surface area (Å²) in [7, 11) is -2.84. The lowest BCUT2D eigenvalue weighted by atomic mass is 9.93. The van der Waals surface area contributed by atoms with Crippen molar-refractivity contribution in [2.24, 2.45) is 5.92 Å². The lowest BCUT2D eigenvalue weighted by Gasteiger charge is -2.34. The number of carboxylic acids is 1. The Balaban J connectivity index is 2.88. The van der Waals surface area contributed by atoms with Gasteiger partial charge in [-0.3, -0.25) is 4.79 Å². The van der Waals surface area contributed by atoms with Crippen LogP contribution in [0.25, 0.3) is 0 Å². The van der Waals surface area contributed by atoms with Gasteiger partial charge in [0.05, 0.1) is 0 Å². The highest BCUT2D eigenvalue weighted by Crippen LogP contribution is 2.26. The SMILES string of the molecule is CC(C)C[C@@H](C(=O)O)N(C1CCCCC1)[SH](=O)=O. The largest absolute Gasteiger partial charge is 0.480 e. The summed E-state index contributed by atoms with van der Waals surface area (Å²) in [6, 6.07) is -1.03. The monoisotopic (exact) mass is 277 g/mol. The number of carboxylic acid groups (broad SMARTS) is 1. The van der Waals surface area contributed by atoms with Gasteiger partial charge in [0.1, 0.15) is 6.04 Å². The van der Waals surface area contributed by atoms with Gasteiger partial charge in [0.2, 0.25) is 10.9 Å². The second kappa shape index (κ2) is 7.09. The van der Waals surface area contributed by atoms with Crippen LogP contribution in [-0.4, -0.2) is 35.9 Å². The molecule has 0 amide bonds. The van der Waals surface area contributed by atoms with Crippen LogP contribution < -0.4 is 0 Å². The van der Waals surface area contributed by atoms with Crippen molar-refractivity contribution in [3.63, 3.8) is 0 Å². The zero-order valence-electron chi connectivity index (χ0n) is 11.0. The second-order valence-corrected chi connectivity index (χ2v) is 6.33. The Morgan fingerprint density at radius 1 is 1.28 bits per heavy atom. The van der Waals surface area contributed by atoms with Gasteiger partial charge in [-0.2, -0.15) is 4.31 Å². The van der Waals surface area contributed by atoms with Crippen LogP contribution in [0.1, 0.15) is 52.4 Å². The maximum Gasteiger partial charge on any atom is 0.322 e. The van der Waals surface area contributed by atoms with Gasteiger partial charge in [-0.05, 0) is 25.2 Å². The lowest BCUT2D eigenvalue weighted by Crippen LogP contribution is -2.47. The summed E-state index contributed by atoms with van der Waals surface area (Å²) < 4.78 is 24.1. The van der Waals surface area contributed by atoms with E-state index < -0.39 is 22.9 Å². The predicted molar refractivity (Wildman–Crippen MR) is 69.9 cm³/mol. The molecule has 1 aliphatic rings. The second-order valence-electron chi connectivity index (χ2n) is 5.39. The van der Waals surface area contributed by atoms with E-state index in [9.17, 15) is 18.3 Å². The van der Waals surface area contributed by atoms with Crippen molar-refractivity contribution in [2.75, 3.05) is 0 Å². The molecule has 0 aromatic heterocycles. The van der Waals surface area contributed by atoms with Gasteiger partial charge in [0.15, 0.2) is 0 Å². The molecular formula is C12H23NO4S. The van der Waals surface area contributed by atoms with E-state index in [0.717, 1.165) is 32.1 Å². The first-order chi connectivity index (χ1) is 8.43. The Hall–Kier alpha value is -0.620. The van der Waals surface area contributed by atoms with Crippen LogP contribution in [0.3, 0.4) is 0 Å². The molecule has 1 fully saturated rings. The minimum Gasteiger partial charge on any atom is -0.480 e. The van der Waals surface area contributed by atoms with E-state index >= 15 is 0 Å². The fourth-order valence-electron chi connectivity index (χ4n) is 2.62. The molecule has 0 aromatic carbocycles. The van der Waals surface area contributed by atoms with E-state index in [0.29, 0.717) is 6.42 Å². The summed E-state index contributed by atoms with van der Waals surface area (Å²) in [5.74, 6) is -0.874. The zero-order chi connectivity index (χ0) is 13.7. The van der Waals surface area contributed by atoms with Crippen LogP contribution in [0.2, 0.25) is 0 Å². The van der Waals surface area contributed by atoms with E-state index in [4.69, 9.17) is 0 Å². The van der Waals surface area contributed by atoms with E-state index in [2.05, 4.69) is 0 Å². The maximum atomic E-state index is 11.4. The topological polar surface area (TPSA) is 74.7 Å². The fourth-order valence-corrected chi connectivity index (χ4v) is 3.53. The molecule has 0 spiro atoms. The Kier molecular flexibility index (Phi) is 6.08. The molecule has 0 aromatic rings. The molecule has 1 atom stereocenters. The quantitative estimate of drug-likeness (QED) is 0.724. The molecule has 5 nitrogen and oxygen atoms in total. The third-order valence-electron chi connectivity index (χ3n) is 3.44. The van der Waals surface area contributed by atoms with E-state index in [1.54, 1.807) is 0 Å². The first-order valence-electron chi connectivity index (χ1n) is 6.59. The van der Waals surface area contributed by atoms with Gasteiger partial charge in [-0.15, -0.1) is 0 Å². The molecule has 0 heterocycles. The van der Waals surface area contributed by atoms with Gasteiger partial charge in [-0.25, -0.2) is 8.42 Å². The highest BCUT2D eigenvalue weighted by Gasteiger charge is 2.34. The zero-order valence-corrected chi connectivity index (χ0v) is 11.9. The molecule has 106 valence electrons.